The summed E-state index contributed by atoms with van der Waals surface area (Å²) in [5.41, 5.74) is 2.52. The minimum atomic E-state index is 0.308. The van der Waals surface area contributed by atoms with E-state index in [-0.39, 0.29) is 0 Å². The number of likely N-dealkylation sites (N-methyl/N-ethyl adjacent to an activating group) is 1. The quantitative estimate of drug-likeness (QED) is 0.868. The zero-order valence-electron chi connectivity index (χ0n) is 10.9. The van der Waals surface area contributed by atoms with Crippen LogP contribution in [0.3, 0.4) is 0 Å². The van der Waals surface area contributed by atoms with Gasteiger partial charge in [0.1, 0.15) is 5.75 Å². The number of hydrogen-bond acceptors (Lipinski definition) is 2. The van der Waals surface area contributed by atoms with Gasteiger partial charge < -0.3 is 10.1 Å². The van der Waals surface area contributed by atoms with E-state index in [2.05, 4.69) is 41.7 Å². The summed E-state index contributed by atoms with van der Waals surface area (Å²) in [6.45, 7) is 0. The Morgan fingerprint density at radius 1 is 1.00 bits per heavy atom. The lowest BCUT2D eigenvalue weighted by Gasteiger charge is -2.18. The van der Waals surface area contributed by atoms with E-state index in [1.54, 1.807) is 7.11 Å². The molecule has 0 aromatic heterocycles. The number of methoxy groups -OCH3 is 1. The van der Waals surface area contributed by atoms with E-state index in [1.807, 2.05) is 25.2 Å². The van der Waals surface area contributed by atoms with Crippen molar-refractivity contribution in [2.45, 2.75) is 12.5 Å². The molecule has 94 valence electrons. The van der Waals surface area contributed by atoms with Gasteiger partial charge in [-0.25, -0.2) is 0 Å². The van der Waals surface area contributed by atoms with Gasteiger partial charge in [0.25, 0.3) is 0 Å². The molecule has 1 atom stereocenters. The number of rotatable bonds is 5. The summed E-state index contributed by atoms with van der Waals surface area (Å²) in [5, 5.41) is 3.36. The maximum Gasteiger partial charge on any atom is 0.122 e. The lowest BCUT2D eigenvalue weighted by atomic mass is 9.98. The lowest BCUT2D eigenvalue weighted by molar-refractivity contribution is 0.406. The van der Waals surface area contributed by atoms with Gasteiger partial charge in [-0.15, -0.1) is 0 Å². The van der Waals surface area contributed by atoms with E-state index in [0.717, 1.165) is 12.2 Å². The minimum absolute atomic E-state index is 0.308. The molecule has 2 heteroatoms. The van der Waals surface area contributed by atoms with E-state index in [0.29, 0.717) is 6.04 Å². The van der Waals surface area contributed by atoms with Crippen LogP contribution in [-0.4, -0.2) is 14.2 Å². The average molecular weight is 241 g/mol. The smallest absolute Gasteiger partial charge is 0.122 e. The fourth-order valence-corrected chi connectivity index (χ4v) is 2.16. The van der Waals surface area contributed by atoms with Crippen molar-refractivity contribution in [2.24, 2.45) is 0 Å². The van der Waals surface area contributed by atoms with E-state index in [1.165, 1.54) is 11.1 Å². The van der Waals surface area contributed by atoms with Crippen LogP contribution in [0.15, 0.2) is 54.6 Å². The van der Waals surface area contributed by atoms with Crippen LogP contribution in [0.25, 0.3) is 0 Å². The number of nitrogens with one attached hydrogen (secondary N) is 1. The molecule has 0 saturated carbocycles. The zero-order chi connectivity index (χ0) is 12.8. The van der Waals surface area contributed by atoms with Crippen molar-refractivity contribution >= 4 is 0 Å². The zero-order valence-corrected chi connectivity index (χ0v) is 10.9. The van der Waals surface area contributed by atoms with Gasteiger partial charge in [-0.2, -0.15) is 0 Å². The van der Waals surface area contributed by atoms with E-state index in [4.69, 9.17) is 4.74 Å². The number of hydrogen-bond donors (Lipinski definition) is 1. The van der Waals surface area contributed by atoms with Crippen LogP contribution in [0.4, 0.5) is 0 Å². The Balaban J connectivity index is 2.21. The highest BCUT2D eigenvalue weighted by molar-refractivity contribution is 5.35. The maximum absolute atomic E-state index is 5.40. The fraction of sp³-hybridized carbons (Fsp3) is 0.250. The molecule has 2 aromatic carbocycles. The van der Waals surface area contributed by atoms with Crippen LogP contribution in [0, 0.1) is 0 Å². The molecule has 0 aliphatic rings. The van der Waals surface area contributed by atoms with Crippen LogP contribution in [0.2, 0.25) is 0 Å². The van der Waals surface area contributed by atoms with Crippen molar-refractivity contribution in [2.75, 3.05) is 14.2 Å². The molecule has 0 aliphatic heterocycles. The van der Waals surface area contributed by atoms with Crippen molar-refractivity contribution < 1.29 is 4.74 Å². The van der Waals surface area contributed by atoms with Gasteiger partial charge >= 0.3 is 0 Å². The molecule has 0 radical (unpaired) electrons. The predicted octanol–water partition coefficient (Wildman–Crippen LogP) is 3.20. The molecule has 2 nitrogen and oxygen atoms in total. The Kier molecular flexibility index (Phi) is 4.37. The van der Waals surface area contributed by atoms with E-state index < -0.39 is 0 Å². The first kappa shape index (κ1) is 12.7. The van der Waals surface area contributed by atoms with Gasteiger partial charge in [0.2, 0.25) is 0 Å². The second kappa shape index (κ2) is 6.22. The normalized spacial score (nSPS) is 12.1. The van der Waals surface area contributed by atoms with Crippen LogP contribution in [-0.2, 0) is 6.42 Å². The highest BCUT2D eigenvalue weighted by Gasteiger charge is 2.12. The summed E-state index contributed by atoms with van der Waals surface area (Å²) >= 11 is 0. The molecule has 1 N–H and O–H groups in total. The third kappa shape index (κ3) is 2.90. The number of benzene rings is 2. The third-order valence-corrected chi connectivity index (χ3v) is 3.17. The Morgan fingerprint density at radius 3 is 2.33 bits per heavy atom. The maximum atomic E-state index is 5.40. The minimum Gasteiger partial charge on any atom is -0.496 e. The summed E-state index contributed by atoms with van der Waals surface area (Å²) in [7, 11) is 3.71. The Labute approximate surface area is 109 Å². The van der Waals surface area contributed by atoms with Gasteiger partial charge in [0, 0.05) is 6.04 Å². The van der Waals surface area contributed by atoms with Crippen molar-refractivity contribution in [1.29, 1.82) is 0 Å². The molecule has 2 aromatic rings. The highest BCUT2D eigenvalue weighted by atomic mass is 16.5. The SMILES string of the molecule is CNC(Cc1ccccc1OC)c1ccccc1. The van der Waals surface area contributed by atoms with Crippen LogP contribution < -0.4 is 10.1 Å². The monoisotopic (exact) mass is 241 g/mol. The topological polar surface area (TPSA) is 21.3 Å². The largest absolute Gasteiger partial charge is 0.496 e. The summed E-state index contributed by atoms with van der Waals surface area (Å²) in [4.78, 5) is 0. The van der Waals surface area contributed by atoms with Gasteiger partial charge in [0.15, 0.2) is 0 Å². The summed E-state index contributed by atoms with van der Waals surface area (Å²) in [6.07, 6.45) is 0.921. The van der Waals surface area contributed by atoms with Crippen molar-refractivity contribution in [3.63, 3.8) is 0 Å². The molecule has 0 fully saturated rings. The molecule has 0 heterocycles. The molecule has 0 spiro atoms. The molecular weight excluding hydrogens is 222 g/mol. The van der Waals surface area contributed by atoms with Gasteiger partial charge in [-0.1, -0.05) is 48.5 Å². The fourth-order valence-electron chi connectivity index (χ4n) is 2.16. The first-order valence-electron chi connectivity index (χ1n) is 6.19. The molecule has 2 rings (SSSR count). The summed E-state index contributed by atoms with van der Waals surface area (Å²) in [5.74, 6) is 0.952. The van der Waals surface area contributed by atoms with Crippen molar-refractivity contribution in [1.82, 2.24) is 5.32 Å². The van der Waals surface area contributed by atoms with Crippen LogP contribution in [0.5, 0.6) is 5.75 Å². The molecule has 0 bridgehead atoms. The number of para-hydroxylation sites is 1. The molecule has 0 amide bonds. The summed E-state index contributed by atoms with van der Waals surface area (Å²) < 4.78 is 5.40. The lowest BCUT2D eigenvalue weighted by Crippen LogP contribution is -2.19. The average Bonchev–Trinajstić information content (AvgIpc) is 2.46. The first-order valence-corrected chi connectivity index (χ1v) is 6.19. The van der Waals surface area contributed by atoms with Gasteiger partial charge in [-0.3, -0.25) is 0 Å². The highest BCUT2D eigenvalue weighted by Crippen LogP contribution is 2.24. The van der Waals surface area contributed by atoms with Crippen molar-refractivity contribution in [3.05, 3.63) is 65.7 Å². The standard InChI is InChI=1S/C16H19NO/c1-17-15(13-8-4-3-5-9-13)12-14-10-6-7-11-16(14)18-2/h3-11,15,17H,12H2,1-2H3. The Morgan fingerprint density at radius 2 is 1.67 bits per heavy atom. The van der Waals surface area contributed by atoms with Crippen LogP contribution in [0.1, 0.15) is 17.2 Å². The summed E-state index contributed by atoms with van der Waals surface area (Å²) in [6, 6.07) is 19.0. The predicted molar refractivity (Wildman–Crippen MR) is 74.9 cm³/mol. The molecule has 0 aliphatic carbocycles. The first-order chi connectivity index (χ1) is 8.85. The van der Waals surface area contributed by atoms with Gasteiger partial charge in [0.05, 0.1) is 7.11 Å². The van der Waals surface area contributed by atoms with Crippen LogP contribution >= 0.6 is 0 Å². The molecule has 0 saturated heterocycles. The Hall–Kier alpha value is -1.80. The molecule has 1 unspecified atom stereocenters. The van der Waals surface area contributed by atoms with E-state index >= 15 is 0 Å². The second-order valence-electron chi connectivity index (χ2n) is 4.27. The van der Waals surface area contributed by atoms with Gasteiger partial charge in [-0.05, 0) is 30.7 Å². The second-order valence-corrected chi connectivity index (χ2v) is 4.27. The van der Waals surface area contributed by atoms with Crippen molar-refractivity contribution in [3.8, 4) is 5.75 Å². The van der Waals surface area contributed by atoms with E-state index in [9.17, 15) is 0 Å². The number of ether oxygens (including phenoxy) is 1. The third-order valence-electron chi connectivity index (χ3n) is 3.17. The molecule has 18 heavy (non-hydrogen) atoms. The Bertz CT molecular complexity index is 481. The molecular formula is C16H19NO.